The van der Waals surface area contributed by atoms with Crippen molar-refractivity contribution in [3.05, 3.63) is 95.0 Å². The van der Waals surface area contributed by atoms with Gasteiger partial charge in [-0.1, -0.05) is 90.2 Å². The Balaban J connectivity index is 1.52. The molecule has 3 aromatic carbocycles. The Kier molecular flexibility index (Phi) is 6.09. The molecule has 0 spiro atoms. The second-order valence-corrected chi connectivity index (χ2v) is 6.21. The monoisotopic (exact) mass is 359 g/mol. The van der Waals surface area contributed by atoms with Gasteiger partial charge in [0, 0.05) is 5.56 Å². The van der Waals surface area contributed by atoms with Gasteiger partial charge in [-0.2, -0.15) is 0 Å². The lowest BCUT2D eigenvalue weighted by Crippen LogP contribution is -2.25. The van der Waals surface area contributed by atoms with Gasteiger partial charge in [0.05, 0.1) is 18.0 Å². The first-order valence-corrected chi connectivity index (χ1v) is 8.74. The summed E-state index contributed by atoms with van der Waals surface area (Å²) in [6, 6.07) is 25.6. The number of carbonyl (C=O) groups excluding carboxylic acids is 1. The first-order chi connectivity index (χ1) is 12.7. The molecule has 1 amide bonds. The van der Waals surface area contributed by atoms with Gasteiger partial charge in [-0.3, -0.25) is 4.79 Å². The van der Waals surface area contributed by atoms with Crippen LogP contribution in [0.25, 0.3) is 11.1 Å². The third kappa shape index (κ3) is 4.99. The Hall–Kier alpha value is -3.02. The van der Waals surface area contributed by atoms with Crippen molar-refractivity contribution in [1.29, 1.82) is 0 Å². The van der Waals surface area contributed by atoms with Crippen LogP contribution in [0.4, 0.5) is 0 Å². The molecule has 0 bridgehead atoms. The lowest BCUT2D eigenvalue weighted by Gasteiger charge is -2.05. The van der Waals surface area contributed by atoms with Crippen LogP contribution in [0.5, 0.6) is 0 Å². The van der Waals surface area contributed by atoms with Crippen molar-refractivity contribution in [3.63, 3.8) is 0 Å². The molecule has 1 N–H and O–H groups in total. The molecule has 0 radical (unpaired) electrons. The Morgan fingerprint density at radius 1 is 0.846 bits per heavy atom. The zero-order valence-electron chi connectivity index (χ0n) is 14.2. The van der Waals surface area contributed by atoms with Gasteiger partial charge in [0.2, 0.25) is 5.91 Å². The minimum absolute atomic E-state index is 0.0501. The minimum atomic E-state index is -0.0501. The zero-order chi connectivity index (χ0) is 18.2. The number of rotatable bonds is 4. The van der Waals surface area contributed by atoms with Crippen LogP contribution in [0, 0.1) is 11.8 Å². The Morgan fingerprint density at radius 2 is 1.50 bits per heavy atom. The molecular formula is C23H18ClNO. The normalized spacial score (nSPS) is 9.88. The van der Waals surface area contributed by atoms with Crippen molar-refractivity contribution >= 4 is 17.5 Å². The first kappa shape index (κ1) is 17.8. The summed E-state index contributed by atoms with van der Waals surface area (Å²) < 4.78 is 0. The maximum atomic E-state index is 12.0. The summed E-state index contributed by atoms with van der Waals surface area (Å²) >= 11 is 6.04. The van der Waals surface area contributed by atoms with E-state index in [-0.39, 0.29) is 5.91 Å². The largest absolute Gasteiger partial charge is 0.345 e. The van der Waals surface area contributed by atoms with E-state index in [2.05, 4.69) is 29.3 Å². The summed E-state index contributed by atoms with van der Waals surface area (Å²) in [5, 5.41) is 3.43. The molecule has 0 saturated carbocycles. The van der Waals surface area contributed by atoms with Gasteiger partial charge in [0.1, 0.15) is 0 Å². The summed E-state index contributed by atoms with van der Waals surface area (Å²) in [5.74, 6) is 5.83. The Bertz CT molecular complexity index is 937. The molecule has 3 rings (SSSR count). The molecule has 128 valence electrons. The maximum absolute atomic E-state index is 12.0. The molecule has 0 fully saturated rings. The topological polar surface area (TPSA) is 29.1 Å². The second kappa shape index (κ2) is 8.89. The molecule has 0 unspecified atom stereocenters. The molecule has 0 aliphatic carbocycles. The number of hydrogen-bond acceptors (Lipinski definition) is 1. The van der Waals surface area contributed by atoms with Crippen molar-refractivity contribution in [3.8, 4) is 23.0 Å². The van der Waals surface area contributed by atoms with Crippen LogP contribution in [0.2, 0.25) is 5.02 Å². The number of benzene rings is 3. The molecule has 26 heavy (non-hydrogen) atoms. The number of carbonyl (C=O) groups is 1. The predicted molar refractivity (Wildman–Crippen MR) is 107 cm³/mol. The number of amides is 1. The van der Waals surface area contributed by atoms with Crippen LogP contribution < -0.4 is 5.32 Å². The second-order valence-electron chi connectivity index (χ2n) is 5.80. The van der Waals surface area contributed by atoms with E-state index in [0.717, 1.165) is 16.7 Å². The molecular weight excluding hydrogens is 342 g/mol. The quantitative estimate of drug-likeness (QED) is 0.671. The minimum Gasteiger partial charge on any atom is -0.345 e. The molecule has 0 aliphatic rings. The fraction of sp³-hybridized carbons (Fsp3) is 0.0870. The Morgan fingerprint density at radius 3 is 2.23 bits per heavy atom. The Labute approximate surface area is 158 Å². The summed E-state index contributed by atoms with van der Waals surface area (Å²) in [6.07, 6.45) is 0.336. The van der Waals surface area contributed by atoms with E-state index in [9.17, 15) is 4.79 Å². The van der Waals surface area contributed by atoms with Crippen LogP contribution in [0.3, 0.4) is 0 Å². The van der Waals surface area contributed by atoms with Crippen molar-refractivity contribution in [1.82, 2.24) is 5.32 Å². The molecule has 0 aromatic heterocycles. The van der Waals surface area contributed by atoms with Crippen LogP contribution in [-0.2, 0) is 11.2 Å². The van der Waals surface area contributed by atoms with Crippen molar-refractivity contribution in [2.24, 2.45) is 0 Å². The maximum Gasteiger partial charge on any atom is 0.225 e. The van der Waals surface area contributed by atoms with Crippen molar-refractivity contribution in [2.75, 3.05) is 6.54 Å². The van der Waals surface area contributed by atoms with Crippen molar-refractivity contribution < 1.29 is 4.79 Å². The molecule has 0 atom stereocenters. The predicted octanol–water partition coefficient (Wildman–Crippen LogP) is 4.72. The van der Waals surface area contributed by atoms with E-state index < -0.39 is 0 Å². The van der Waals surface area contributed by atoms with Gasteiger partial charge in [0.25, 0.3) is 0 Å². The smallest absolute Gasteiger partial charge is 0.225 e. The lowest BCUT2D eigenvalue weighted by molar-refractivity contribution is -0.120. The molecule has 0 heterocycles. The van der Waals surface area contributed by atoms with Gasteiger partial charge in [0.15, 0.2) is 0 Å². The zero-order valence-corrected chi connectivity index (χ0v) is 15.0. The number of nitrogens with one attached hydrogen (secondary N) is 1. The van der Waals surface area contributed by atoms with E-state index in [0.29, 0.717) is 18.0 Å². The summed E-state index contributed by atoms with van der Waals surface area (Å²) in [7, 11) is 0. The molecule has 0 aliphatic heterocycles. The van der Waals surface area contributed by atoms with Gasteiger partial charge in [-0.05, 0) is 28.8 Å². The highest BCUT2D eigenvalue weighted by atomic mass is 35.5. The molecule has 3 heteroatoms. The van der Waals surface area contributed by atoms with Gasteiger partial charge in [-0.25, -0.2) is 0 Å². The number of hydrogen-bond donors (Lipinski definition) is 1. The third-order valence-corrected chi connectivity index (χ3v) is 4.23. The molecule has 0 saturated heterocycles. The summed E-state index contributed by atoms with van der Waals surface area (Å²) in [4.78, 5) is 12.0. The van der Waals surface area contributed by atoms with Crippen molar-refractivity contribution in [2.45, 2.75) is 6.42 Å². The summed E-state index contributed by atoms with van der Waals surface area (Å²) in [6.45, 7) is 0.298. The van der Waals surface area contributed by atoms with Crippen LogP contribution >= 0.6 is 11.6 Å². The third-order valence-electron chi connectivity index (χ3n) is 3.90. The average molecular weight is 360 g/mol. The standard InChI is InChI=1S/C23H18ClNO/c24-22-11-5-4-9-21(22)10-6-16-25-23(26)17-18-12-14-20(15-13-18)19-7-2-1-3-8-19/h1-5,7-9,11-15H,16-17H2,(H,25,26). The van der Waals surface area contributed by atoms with E-state index in [4.69, 9.17) is 11.6 Å². The highest BCUT2D eigenvalue weighted by Gasteiger charge is 2.03. The van der Waals surface area contributed by atoms with E-state index in [1.807, 2.05) is 60.7 Å². The van der Waals surface area contributed by atoms with E-state index >= 15 is 0 Å². The van der Waals surface area contributed by atoms with E-state index in [1.54, 1.807) is 6.07 Å². The summed E-state index contributed by atoms with van der Waals surface area (Å²) in [5.41, 5.74) is 4.04. The highest BCUT2D eigenvalue weighted by molar-refractivity contribution is 6.31. The molecule has 3 aromatic rings. The number of halogens is 1. The first-order valence-electron chi connectivity index (χ1n) is 8.37. The van der Waals surface area contributed by atoms with Gasteiger partial charge in [-0.15, -0.1) is 0 Å². The fourth-order valence-electron chi connectivity index (χ4n) is 2.54. The fourth-order valence-corrected chi connectivity index (χ4v) is 2.72. The molecule has 2 nitrogen and oxygen atoms in total. The average Bonchev–Trinajstić information content (AvgIpc) is 2.68. The van der Waals surface area contributed by atoms with Crippen LogP contribution in [0.15, 0.2) is 78.9 Å². The van der Waals surface area contributed by atoms with Gasteiger partial charge >= 0.3 is 0 Å². The van der Waals surface area contributed by atoms with E-state index in [1.165, 1.54) is 5.56 Å². The van der Waals surface area contributed by atoms with Gasteiger partial charge < -0.3 is 5.32 Å². The lowest BCUT2D eigenvalue weighted by atomic mass is 10.0. The van der Waals surface area contributed by atoms with Crippen LogP contribution in [0.1, 0.15) is 11.1 Å². The van der Waals surface area contributed by atoms with Crippen LogP contribution in [-0.4, -0.2) is 12.5 Å². The highest BCUT2D eigenvalue weighted by Crippen LogP contribution is 2.19. The SMILES string of the molecule is O=C(Cc1ccc(-c2ccccc2)cc1)NCC#Cc1ccccc1Cl.